The second-order valence-electron chi connectivity index (χ2n) is 24.8. The molecule has 44 nitrogen and oxygen atoms in total. The summed E-state index contributed by atoms with van der Waals surface area (Å²) in [5.74, 6) is -6.19. The van der Waals surface area contributed by atoms with Crippen molar-refractivity contribution in [2.24, 2.45) is 35.5 Å². The number of rotatable bonds is 18. The molecule has 6 fully saturated rings. The van der Waals surface area contributed by atoms with E-state index in [1.807, 2.05) is 15.0 Å². The summed E-state index contributed by atoms with van der Waals surface area (Å²) in [6.45, 7) is -5.45. The lowest BCUT2D eigenvalue weighted by Crippen LogP contribution is -2.37. The predicted octanol–water partition coefficient (Wildman–Crippen LogP) is -10.3. The highest BCUT2D eigenvalue weighted by Gasteiger charge is 2.52. The van der Waals surface area contributed by atoms with Gasteiger partial charge in [-0.3, -0.25) is 65.5 Å². The van der Waals surface area contributed by atoms with Crippen molar-refractivity contribution in [3.8, 4) is 0 Å². The molecule has 0 spiro atoms. The molecule has 6 saturated heterocycles. The first-order valence-electron chi connectivity index (χ1n) is 32.8. The quantitative estimate of drug-likeness (QED) is 0.0355. The van der Waals surface area contributed by atoms with Crippen LogP contribution in [0.3, 0.4) is 0 Å². The van der Waals surface area contributed by atoms with Crippen molar-refractivity contribution in [3.05, 3.63) is 168 Å². The number of nitrogens with two attached hydrogens (primary N) is 3. The zero-order valence-electron chi connectivity index (χ0n) is 56.9. The van der Waals surface area contributed by atoms with Crippen molar-refractivity contribution in [3.63, 3.8) is 0 Å². The SMILES string of the molecule is Nc1ccn([C@@H]2O[C@H](CO)[C@@H](C(F)F)[C@H]2O)c(=O)n1.Nc1ccn([C@@H]2O[C@H](CO)[C@@H](CF)[C@H]2O)c(=O)n1.Nc1ccn([C@@H]2O[C@H](CO)[C@@H](CO)[C@H]2O)c(=O)n1.O=c1ccn([C@@H]2O[C@H](CO)[C@@H](C(F)F)[C@H]2O)c(=O)[nH]1.O=c1ccn([C@@H]2O[C@H](CO)[C@@H](CF)[C@H]2O)c(=O)[nH]1.O=c1ccn([C@@H]2O[C@H](CO)[C@@H](CO)[C@H]2O)c(=O)[nH]1. The number of hydrogen-bond acceptors (Lipinski definition) is 35. The van der Waals surface area contributed by atoms with Crippen molar-refractivity contribution >= 4 is 17.5 Å². The van der Waals surface area contributed by atoms with E-state index in [4.69, 9.17) is 86.5 Å². The van der Waals surface area contributed by atoms with Gasteiger partial charge in [0.25, 0.3) is 16.7 Å². The van der Waals surface area contributed by atoms with Gasteiger partial charge in [0.15, 0.2) is 37.4 Å². The highest BCUT2D eigenvalue weighted by atomic mass is 19.3. The van der Waals surface area contributed by atoms with Crippen LogP contribution in [0.5, 0.6) is 0 Å². The van der Waals surface area contributed by atoms with Crippen molar-refractivity contribution < 1.29 is 126 Å². The monoisotopic (exact) mass is 1590 g/mol. The van der Waals surface area contributed by atoms with Crippen molar-refractivity contribution in [1.29, 1.82) is 0 Å². The lowest BCUT2D eigenvalue weighted by Gasteiger charge is -2.18. The van der Waals surface area contributed by atoms with Gasteiger partial charge in [-0.1, -0.05) is 0 Å². The maximum absolute atomic E-state index is 12.8. The summed E-state index contributed by atoms with van der Waals surface area (Å²) in [5.41, 5.74) is 9.67. The van der Waals surface area contributed by atoms with E-state index in [9.17, 15) is 100 Å². The van der Waals surface area contributed by atoms with Gasteiger partial charge in [0.1, 0.15) is 54.1 Å². The van der Waals surface area contributed by atoms with E-state index in [2.05, 4.69) is 15.0 Å². The van der Waals surface area contributed by atoms with Crippen LogP contribution in [0.2, 0.25) is 0 Å². The van der Waals surface area contributed by atoms with Crippen LogP contribution in [-0.2, 0) is 28.4 Å². The molecule has 0 radical (unpaired) electrons. The second kappa shape index (κ2) is 39.7. The molecule has 0 aliphatic carbocycles. The second-order valence-corrected chi connectivity index (χ2v) is 24.8. The molecule has 0 amide bonds. The van der Waals surface area contributed by atoms with Gasteiger partial charge in [-0.2, -0.15) is 15.0 Å². The molecule has 110 heavy (non-hydrogen) atoms. The molecule has 12 heterocycles. The Kier molecular flexibility index (Phi) is 31.8. The maximum atomic E-state index is 12.8. The van der Waals surface area contributed by atoms with Gasteiger partial charge in [0, 0.05) is 79.1 Å². The number of alkyl halides is 6. The number of ether oxygens (including phenoxy) is 6. The summed E-state index contributed by atoms with van der Waals surface area (Å²) in [7, 11) is 0. The van der Waals surface area contributed by atoms with Crippen LogP contribution in [0.15, 0.2) is 117 Å². The van der Waals surface area contributed by atoms with Gasteiger partial charge in [0.2, 0.25) is 12.9 Å². The first kappa shape index (κ1) is 88.1. The zero-order chi connectivity index (χ0) is 81.4. The molecule has 0 bridgehead atoms. The molecular formula is C60H81F6N15O29. The highest BCUT2D eigenvalue weighted by molar-refractivity contribution is 5.25. The van der Waals surface area contributed by atoms with Crippen LogP contribution in [0.4, 0.5) is 43.8 Å². The van der Waals surface area contributed by atoms with E-state index in [1.54, 1.807) is 0 Å². The zero-order valence-corrected chi connectivity index (χ0v) is 56.9. The van der Waals surface area contributed by atoms with Gasteiger partial charge in [-0.05, 0) is 18.2 Å². The number of aromatic amines is 3. The summed E-state index contributed by atoms with van der Waals surface area (Å²) < 4.78 is 114. The number of nitrogens with one attached hydrogen (secondary N) is 3. The van der Waals surface area contributed by atoms with Gasteiger partial charge in [-0.15, -0.1) is 0 Å². The van der Waals surface area contributed by atoms with Crippen molar-refractivity contribution in [1.82, 2.24) is 57.3 Å². The fourth-order valence-electron chi connectivity index (χ4n) is 12.3. The van der Waals surface area contributed by atoms with E-state index in [0.717, 1.165) is 58.0 Å². The molecule has 50 heteroatoms. The van der Waals surface area contributed by atoms with Crippen molar-refractivity contribution in [2.45, 2.75) is 123 Å². The number of aromatic nitrogens is 12. The Morgan fingerprint density at radius 1 is 0.336 bits per heavy atom. The average Bonchev–Trinajstić information content (AvgIpc) is 1.69. The number of aliphatic hydroxyl groups is 14. The smallest absolute Gasteiger partial charge is 0.351 e. The minimum absolute atomic E-state index is 0.0298. The number of hydrogen-bond donors (Lipinski definition) is 20. The number of nitrogens with zero attached hydrogens (tertiary/aromatic N) is 9. The molecule has 24 atom stereocenters. The van der Waals surface area contributed by atoms with E-state index in [0.29, 0.717) is 0 Å². The third-order valence-electron chi connectivity index (χ3n) is 18.1. The first-order valence-corrected chi connectivity index (χ1v) is 32.8. The molecule has 0 unspecified atom stereocenters. The Bertz CT molecular complexity index is 4340. The fourth-order valence-corrected chi connectivity index (χ4v) is 12.3. The lowest BCUT2D eigenvalue weighted by molar-refractivity contribution is -0.0561. The molecule has 612 valence electrons. The van der Waals surface area contributed by atoms with Crippen LogP contribution in [0.25, 0.3) is 0 Å². The first-order chi connectivity index (χ1) is 52.2. The van der Waals surface area contributed by atoms with Crippen LogP contribution in [0.1, 0.15) is 37.4 Å². The molecule has 6 aliphatic heterocycles. The summed E-state index contributed by atoms with van der Waals surface area (Å²) in [4.78, 5) is 119. The van der Waals surface area contributed by atoms with Gasteiger partial charge < -0.3 is 117 Å². The number of nitrogen functional groups attached to an aromatic ring is 3. The maximum Gasteiger partial charge on any atom is 0.351 e. The van der Waals surface area contributed by atoms with Crippen molar-refractivity contribution in [2.75, 3.05) is 83.4 Å². The van der Waals surface area contributed by atoms with Crippen LogP contribution in [-0.4, -0.2) is 281 Å². The number of anilines is 3. The van der Waals surface area contributed by atoms with E-state index < -0.39 is 250 Å². The van der Waals surface area contributed by atoms with E-state index in [-0.39, 0.29) is 43.9 Å². The topological polar surface area (TPSA) is 686 Å². The molecule has 6 aromatic rings. The van der Waals surface area contributed by atoms with Crippen LogP contribution in [0, 0.1) is 35.5 Å². The van der Waals surface area contributed by atoms with Gasteiger partial charge >= 0.3 is 34.1 Å². The Morgan fingerprint density at radius 2 is 0.555 bits per heavy atom. The molecule has 0 saturated carbocycles. The average molecular weight is 1590 g/mol. The number of aliphatic hydroxyl groups excluding tert-OH is 14. The molecular weight excluding hydrogens is 1510 g/mol. The predicted molar refractivity (Wildman–Crippen MR) is 354 cm³/mol. The summed E-state index contributed by atoms with van der Waals surface area (Å²) in [5, 5.41) is 132. The van der Waals surface area contributed by atoms with E-state index >= 15 is 0 Å². The highest BCUT2D eigenvalue weighted by Crippen LogP contribution is 2.40. The van der Waals surface area contributed by atoms with Crippen LogP contribution < -0.4 is 68.0 Å². The normalized spacial score (nSPS) is 31.5. The Labute approximate surface area is 609 Å². The summed E-state index contributed by atoms with van der Waals surface area (Å²) in [6.07, 6.45) is -19.2. The molecule has 23 N–H and O–H groups in total. The molecule has 0 aromatic carbocycles. The Balaban J connectivity index is 0.000000184. The molecule has 6 aromatic heterocycles. The number of H-pyrrole nitrogens is 3. The van der Waals surface area contributed by atoms with Gasteiger partial charge in [-0.25, -0.2) is 46.3 Å². The third kappa shape index (κ3) is 20.1. The number of halogens is 6. The van der Waals surface area contributed by atoms with Gasteiger partial charge in [0.05, 0.1) is 115 Å². The minimum Gasteiger partial charge on any atom is -0.396 e. The summed E-state index contributed by atoms with van der Waals surface area (Å²) >= 11 is 0. The fraction of sp³-hybridized carbons (Fsp3) is 0.600. The third-order valence-corrected chi connectivity index (χ3v) is 18.1. The Hall–Kier alpha value is -9.14. The Morgan fingerprint density at radius 3 is 0.755 bits per heavy atom. The molecule has 12 rings (SSSR count). The standard InChI is InChI=1S/C10H13F2N3O4.C10H12F2N2O5.C10H14FN3O4.C10H13FN2O5.C10H15N3O5.C10H14N2O6/c11-8(12)6-4(3-16)19-9(7(6)17)15-2-1-5(13)14-10(15)18;11-8(12)6-4(3-15)19-9(7(6)17)14-2-1-5(16)13-10(14)18;11-3-5-6(4-15)18-9(8(5)16)14-2-1-7(12)13-10(14)17;11-3-5-6(4-14)18-9(8(5)16)13-2-1-7(15)12-10(13)17;11-7-1-2-13(10(17)12-7)9-8(16)5(3-14)6(4-15)18-9;13-3-5-6(4-14)18-9(8(5)16)12-2-1-7(15)11-10(12)17/h1-2,4,6-9,16-17H,3H2,(H2,13,14,18);1-2,4,6-9,15,17H,3H2,(H,13,16,18);1-2,5-6,8-9,15-16H,3-4H2,(H2,12,13,17);1-2,5-6,8-9,14,16H,3-4H2,(H,12,15,17);1-2,5-6,8-9,14-16H,3-4H2,(H2,11,12,17);1-2,5-6,8-9,13-14,16H,3-4H2,(H,11,15,17)/t2*4-,6-,7-,9-;4*5-,6-,8-,9-/m111111/s1. The largest absolute Gasteiger partial charge is 0.396 e. The van der Waals surface area contributed by atoms with E-state index in [1.165, 1.54) is 43.0 Å². The minimum atomic E-state index is -2.91. The van der Waals surface area contributed by atoms with Crippen LogP contribution >= 0.6 is 0 Å². The summed E-state index contributed by atoms with van der Waals surface area (Å²) in [6, 6.07) is 7.26. The molecule has 6 aliphatic rings. The lowest BCUT2D eigenvalue weighted by atomic mass is 9.99.